The van der Waals surface area contributed by atoms with Gasteiger partial charge in [-0.15, -0.1) is 13.2 Å². The molecule has 1 aliphatic rings. The molecular weight excluding hydrogens is 405 g/mol. The lowest BCUT2D eigenvalue weighted by molar-refractivity contribution is -0.274. The second kappa shape index (κ2) is 9.90. The average Bonchev–Trinajstić information content (AvgIpc) is 2.60. The van der Waals surface area contributed by atoms with Crippen molar-refractivity contribution in [3.8, 4) is 5.75 Å². The normalized spacial score (nSPS) is 19.5. The molecule has 1 aromatic rings. The fraction of sp³-hybridized carbons (Fsp3) is 0.600. The largest absolute Gasteiger partial charge is 0.573 e. The summed E-state index contributed by atoms with van der Waals surface area (Å²) in [5.74, 6) is -0.201. The predicted molar refractivity (Wildman–Crippen MR) is 103 cm³/mol. The minimum Gasteiger partial charge on any atom is -0.449 e. The SMILES string of the molecule is CC(C)(C)OC(=O)NC1CCC(COC(=O)Nc2ccc(OC(F)(F)F)cc2)CC1. The van der Waals surface area contributed by atoms with E-state index in [4.69, 9.17) is 9.47 Å². The molecule has 7 nitrogen and oxygen atoms in total. The third-order valence-corrected chi connectivity index (χ3v) is 4.35. The lowest BCUT2D eigenvalue weighted by Gasteiger charge is -2.29. The van der Waals surface area contributed by atoms with E-state index in [1.807, 2.05) is 0 Å². The number of hydrogen-bond acceptors (Lipinski definition) is 5. The first-order valence-corrected chi connectivity index (χ1v) is 9.69. The zero-order valence-corrected chi connectivity index (χ0v) is 17.2. The van der Waals surface area contributed by atoms with Crippen LogP contribution in [-0.2, 0) is 9.47 Å². The van der Waals surface area contributed by atoms with Gasteiger partial charge in [-0.1, -0.05) is 0 Å². The van der Waals surface area contributed by atoms with Gasteiger partial charge in [0, 0.05) is 11.7 Å². The summed E-state index contributed by atoms with van der Waals surface area (Å²) in [6, 6.07) is 4.80. The summed E-state index contributed by atoms with van der Waals surface area (Å²) in [5, 5.41) is 5.31. The number of alkyl halides is 3. The van der Waals surface area contributed by atoms with Crippen molar-refractivity contribution in [2.45, 2.75) is 64.5 Å². The molecule has 1 aliphatic carbocycles. The Labute approximate surface area is 173 Å². The topological polar surface area (TPSA) is 85.9 Å². The number of benzene rings is 1. The van der Waals surface area contributed by atoms with Gasteiger partial charge in [0.2, 0.25) is 0 Å². The summed E-state index contributed by atoms with van der Waals surface area (Å²) in [4.78, 5) is 23.7. The standard InChI is InChI=1S/C20H27F3N2O5/c1-19(2,3)30-18(27)25-14-6-4-13(5-7-14)12-28-17(26)24-15-8-10-16(11-9-15)29-20(21,22)23/h8-11,13-14H,4-7,12H2,1-3H3,(H,24,26)(H,25,27). The van der Waals surface area contributed by atoms with Crippen LogP contribution in [-0.4, -0.2) is 36.8 Å². The van der Waals surface area contributed by atoms with Crippen LogP contribution in [0.15, 0.2) is 24.3 Å². The quantitative estimate of drug-likeness (QED) is 0.667. The van der Waals surface area contributed by atoms with E-state index in [0.29, 0.717) is 5.69 Å². The molecular formula is C20H27F3N2O5. The van der Waals surface area contributed by atoms with E-state index >= 15 is 0 Å². The number of amides is 2. The van der Waals surface area contributed by atoms with E-state index < -0.39 is 24.1 Å². The summed E-state index contributed by atoms with van der Waals surface area (Å²) in [6.45, 7) is 5.63. The summed E-state index contributed by atoms with van der Waals surface area (Å²) >= 11 is 0. The highest BCUT2D eigenvalue weighted by atomic mass is 19.4. The van der Waals surface area contributed by atoms with Crippen molar-refractivity contribution in [1.82, 2.24) is 5.32 Å². The maximum absolute atomic E-state index is 12.1. The minimum atomic E-state index is -4.77. The van der Waals surface area contributed by atoms with Gasteiger partial charge in [0.05, 0.1) is 6.61 Å². The van der Waals surface area contributed by atoms with E-state index in [0.717, 1.165) is 37.8 Å². The summed E-state index contributed by atoms with van der Waals surface area (Å²) in [6.07, 6.45) is -2.80. The number of alkyl carbamates (subject to hydrolysis) is 1. The Bertz CT molecular complexity index is 709. The highest BCUT2D eigenvalue weighted by molar-refractivity contribution is 5.84. The molecule has 1 aromatic carbocycles. The van der Waals surface area contributed by atoms with Crippen molar-refractivity contribution in [2.24, 2.45) is 5.92 Å². The third kappa shape index (κ3) is 9.23. The van der Waals surface area contributed by atoms with Gasteiger partial charge in [0.1, 0.15) is 11.4 Å². The van der Waals surface area contributed by atoms with E-state index in [1.54, 1.807) is 20.8 Å². The van der Waals surface area contributed by atoms with Crippen molar-refractivity contribution < 1.29 is 37.0 Å². The van der Waals surface area contributed by atoms with Gasteiger partial charge >= 0.3 is 18.5 Å². The average molecular weight is 432 g/mol. The van der Waals surface area contributed by atoms with Crippen molar-refractivity contribution in [1.29, 1.82) is 0 Å². The number of anilines is 1. The highest BCUT2D eigenvalue weighted by Gasteiger charge is 2.31. The fourth-order valence-corrected chi connectivity index (χ4v) is 3.04. The molecule has 0 aromatic heterocycles. The van der Waals surface area contributed by atoms with E-state index in [-0.39, 0.29) is 24.3 Å². The predicted octanol–water partition coefficient (Wildman–Crippen LogP) is 5.22. The third-order valence-electron chi connectivity index (χ3n) is 4.35. The molecule has 2 N–H and O–H groups in total. The molecule has 0 saturated heterocycles. The van der Waals surface area contributed by atoms with Gasteiger partial charge in [-0.05, 0) is 76.6 Å². The molecule has 30 heavy (non-hydrogen) atoms. The molecule has 0 unspecified atom stereocenters. The molecule has 2 amide bonds. The molecule has 1 saturated carbocycles. The van der Waals surface area contributed by atoms with Crippen LogP contribution in [0.4, 0.5) is 28.4 Å². The van der Waals surface area contributed by atoms with Crippen LogP contribution in [0, 0.1) is 5.92 Å². The molecule has 2 rings (SSSR count). The minimum absolute atomic E-state index is 0.0300. The molecule has 0 atom stereocenters. The van der Waals surface area contributed by atoms with Crippen molar-refractivity contribution in [3.63, 3.8) is 0 Å². The van der Waals surface area contributed by atoms with Gasteiger partial charge < -0.3 is 19.5 Å². The van der Waals surface area contributed by atoms with Gasteiger partial charge in [-0.3, -0.25) is 5.32 Å². The molecule has 10 heteroatoms. The number of hydrogen-bond donors (Lipinski definition) is 2. The van der Waals surface area contributed by atoms with Crippen LogP contribution in [0.1, 0.15) is 46.5 Å². The smallest absolute Gasteiger partial charge is 0.449 e. The Balaban J connectivity index is 1.67. The zero-order chi connectivity index (χ0) is 22.4. The number of ether oxygens (including phenoxy) is 3. The number of nitrogens with one attached hydrogen (secondary N) is 2. The van der Waals surface area contributed by atoms with E-state index in [9.17, 15) is 22.8 Å². The number of carbonyl (C=O) groups is 2. The first-order chi connectivity index (χ1) is 13.9. The van der Waals surface area contributed by atoms with Gasteiger partial charge in [0.25, 0.3) is 0 Å². The number of carbonyl (C=O) groups excluding carboxylic acids is 2. The molecule has 0 aliphatic heterocycles. The van der Waals surface area contributed by atoms with Crippen molar-refractivity contribution >= 4 is 17.9 Å². The van der Waals surface area contributed by atoms with Gasteiger partial charge in [-0.25, -0.2) is 9.59 Å². The first kappa shape index (κ1) is 23.6. The molecule has 0 bridgehead atoms. The lowest BCUT2D eigenvalue weighted by atomic mass is 9.86. The highest BCUT2D eigenvalue weighted by Crippen LogP contribution is 2.26. The van der Waals surface area contributed by atoms with E-state index in [1.165, 1.54) is 12.1 Å². The van der Waals surface area contributed by atoms with Crippen molar-refractivity contribution in [2.75, 3.05) is 11.9 Å². The Morgan fingerprint density at radius 1 is 1.00 bits per heavy atom. The van der Waals surface area contributed by atoms with Gasteiger partial charge in [0.15, 0.2) is 0 Å². The van der Waals surface area contributed by atoms with Crippen LogP contribution in [0.3, 0.4) is 0 Å². The monoisotopic (exact) mass is 432 g/mol. The fourth-order valence-electron chi connectivity index (χ4n) is 3.04. The van der Waals surface area contributed by atoms with Crippen molar-refractivity contribution in [3.05, 3.63) is 24.3 Å². The first-order valence-electron chi connectivity index (χ1n) is 9.69. The Hall–Kier alpha value is -2.65. The number of halogens is 3. The van der Waals surface area contributed by atoms with Crippen LogP contribution >= 0.6 is 0 Å². The second-order valence-electron chi connectivity index (χ2n) is 8.16. The molecule has 0 spiro atoms. The van der Waals surface area contributed by atoms with E-state index in [2.05, 4.69) is 15.4 Å². The maximum Gasteiger partial charge on any atom is 0.573 e. The Morgan fingerprint density at radius 3 is 2.13 bits per heavy atom. The van der Waals surface area contributed by atoms with Crippen LogP contribution in [0.25, 0.3) is 0 Å². The second-order valence-corrected chi connectivity index (χ2v) is 8.16. The molecule has 168 valence electrons. The van der Waals surface area contributed by atoms with Crippen LogP contribution < -0.4 is 15.4 Å². The lowest BCUT2D eigenvalue weighted by Crippen LogP contribution is -2.41. The van der Waals surface area contributed by atoms with Crippen LogP contribution in [0.5, 0.6) is 5.75 Å². The molecule has 1 fully saturated rings. The van der Waals surface area contributed by atoms with Gasteiger partial charge in [-0.2, -0.15) is 0 Å². The van der Waals surface area contributed by atoms with Crippen LogP contribution in [0.2, 0.25) is 0 Å². The Morgan fingerprint density at radius 2 is 1.60 bits per heavy atom. The molecule has 0 heterocycles. The zero-order valence-electron chi connectivity index (χ0n) is 17.2. The summed E-state index contributed by atoms with van der Waals surface area (Å²) in [7, 11) is 0. The Kier molecular flexibility index (Phi) is 7.80. The summed E-state index contributed by atoms with van der Waals surface area (Å²) < 4.78 is 50.6. The number of rotatable bonds is 5. The maximum atomic E-state index is 12.1. The summed E-state index contributed by atoms with van der Waals surface area (Å²) in [5.41, 5.74) is -0.256. The molecule has 0 radical (unpaired) electrons.